The molecule has 0 bridgehead atoms. The molecule has 1 heterocycles. The Balaban J connectivity index is 2.15. The van der Waals surface area contributed by atoms with E-state index in [0.717, 1.165) is 31.4 Å². The lowest BCUT2D eigenvalue weighted by atomic mass is 9.95. The topological polar surface area (TPSA) is 63.4 Å². The van der Waals surface area contributed by atoms with E-state index in [0.29, 0.717) is 31.6 Å². The third-order valence-electron chi connectivity index (χ3n) is 3.62. The van der Waals surface area contributed by atoms with Crippen LogP contribution < -0.4 is 5.73 Å². The minimum Gasteiger partial charge on any atom is -0.330 e. The maximum Gasteiger partial charge on any atom is 0.243 e. The maximum atomic E-state index is 13.2. The van der Waals surface area contributed by atoms with Crippen LogP contribution in [0.15, 0.2) is 23.1 Å². The Hall–Kier alpha value is -1.05. The number of nitrogens with zero attached hydrogens (tertiary/aromatic N) is 1. The molecule has 0 amide bonds. The summed E-state index contributed by atoms with van der Waals surface area (Å²) in [4.78, 5) is -0.327. The van der Waals surface area contributed by atoms with Crippen molar-refractivity contribution in [1.29, 1.82) is 0 Å². The third-order valence-corrected chi connectivity index (χ3v) is 5.50. The molecule has 2 rings (SSSR count). The zero-order valence-corrected chi connectivity index (χ0v) is 11.9. The van der Waals surface area contributed by atoms with Gasteiger partial charge in [-0.3, -0.25) is 0 Å². The van der Waals surface area contributed by atoms with E-state index in [9.17, 15) is 17.2 Å². The summed E-state index contributed by atoms with van der Waals surface area (Å²) in [7, 11) is -3.82. The minimum atomic E-state index is -3.82. The van der Waals surface area contributed by atoms with E-state index >= 15 is 0 Å². The van der Waals surface area contributed by atoms with Crippen molar-refractivity contribution in [2.75, 3.05) is 19.6 Å². The summed E-state index contributed by atoms with van der Waals surface area (Å²) in [6, 6.07) is 2.36. The van der Waals surface area contributed by atoms with Crippen molar-refractivity contribution in [3.63, 3.8) is 0 Å². The van der Waals surface area contributed by atoms with E-state index in [1.807, 2.05) is 0 Å². The Morgan fingerprint density at radius 1 is 1.15 bits per heavy atom. The molecular formula is C13H18F2N2O2S. The van der Waals surface area contributed by atoms with Gasteiger partial charge in [0.25, 0.3) is 0 Å². The van der Waals surface area contributed by atoms with Crippen molar-refractivity contribution in [2.24, 2.45) is 11.7 Å². The van der Waals surface area contributed by atoms with E-state index in [1.165, 1.54) is 4.31 Å². The standard InChI is InChI=1S/C13H18F2N2O2S/c14-11-7-12(15)9-13(8-11)20(18,19)17-5-2-10(1-4-16)3-6-17/h7-10H,1-6,16H2. The van der Waals surface area contributed by atoms with Crippen molar-refractivity contribution in [3.05, 3.63) is 29.8 Å². The summed E-state index contributed by atoms with van der Waals surface area (Å²) in [6.07, 6.45) is 2.34. The van der Waals surface area contributed by atoms with E-state index in [4.69, 9.17) is 5.73 Å². The Morgan fingerprint density at radius 3 is 2.20 bits per heavy atom. The molecule has 20 heavy (non-hydrogen) atoms. The number of halogens is 2. The smallest absolute Gasteiger partial charge is 0.243 e. The minimum absolute atomic E-state index is 0.327. The summed E-state index contributed by atoms with van der Waals surface area (Å²) in [6.45, 7) is 1.32. The zero-order valence-electron chi connectivity index (χ0n) is 11.1. The molecule has 112 valence electrons. The highest BCUT2D eigenvalue weighted by Crippen LogP contribution is 2.26. The average Bonchev–Trinajstić information content (AvgIpc) is 2.38. The van der Waals surface area contributed by atoms with Gasteiger partial charge in [0.05, 0.1) is 4.90 Å². The summed E-state index contributed by atoms with van der Waals surface area (Å²) in [5.74, 6) is -1.35. The Morgan fingerprint density at radius 2 is 1.70 bits per heavy atom. The summed E-state index contributed by atoms with van der Waals surface area (Å²) >= 11 is 0. The molecule has 0 atom stereocenters. The molecule has 7 heteroatoms. The molecule has 1 aromatic rings. The highest BCUT2D eigenvalue weighted by molar-refractivity contribution is 7.89. The van der Waals surface area contributed by atoms with Crippen molar-refractivity contribution < 1.29 is 17.2 Å². The number of hydrogen-bond donors (Lipinski definition) is 1. The first-order valence-corrected chi connectivity index (χ1v) is 8.04. The lowest BCUT2D eigenvalue weighted by molar-refractivity contribution is 0.265. The van der Waals surface area contributed by atoms with Gasteiger partial charge in [0.1, 0.15) is 11.6 Å². The molecule has 1 fully saturated rings. The fraction of sp³-hybridized carbons (Fsp3) is 0.538. The SMILES string of the molecule is NCCC1CCN(S(=O)(=O)c2cc(F)cc(F)c2)CC1. The normalized spacial score (nSPS) is 18.4. The van der Waals surface area contributed by atoms with Crippen molar-refractivity contribution in [3.8, 4) is 0 Å². The van der Waals surface area contributed by atoms with Crippen molar-refractivity contribution in [1.82, 2.24) is 4.31 Å². The molecule has 1 saturated heterocycles. The molecule has 0 unspecified atom stereocenters. The van der Waals surface area contributed by atoms with Gasteiger partial charge in [-0.1, -0.05) is 0 Å². The van der Waals surface area contributed by atoms with Crippen LogP contribution >= 0.6 is 0 Å². The number of sulfonamides is 1. The van der Waals surface area contributed by atoms with E-state index in [-0.39, 0.29) is 4.90 Å². The van der Waals surface area contributed by atoms with E-state index in [2.05, 4.69) is 0 Å². The molecular weight excluding hydrogens is 286 g/mol. The van der Waals surface area contributed by atoms with Gasteiger partial charge in [-0.05, 0) is 43.9 Å². The van der Waals surface area contributed by atoms with Gasteiger partial charge in [-0.15, -0.1) is 0 Å². The summed E-state index contributed by atoms with van der Waals surface area (Å²) in [5.41, 5.74) is 5.49. The second-order valence-corrected chi connectivity index (χ2v) is 6.97. The lowest BCUT2D eigenvalue weighted by Gasteiger charge is -2.31. The fourth-order valence-electron chi connectivity index (χ4n) is 2.50. The van der Waals surface area contributed by atoms with Crippen LogP contribution in [0.5, 0.6) is 0 Å². The van der Waals surface area contributed by atoms with E-state index < -0.39 is 21.7 Å². The molecule has 2 N–H and O–H groups in total. The number of piperidine rings is 1. The van der Waals surface area contributed by atoms with Crippen LogP contribution in [0, 0.1) is 17.6 Å². The molecule has 1 aliphatic heterocycles. The second kappa shape index (κ2) is 6.15. The van der Waals surface area contributed by atoms with Crippen LogP contribution in [0.2, 0.25) is 0 Å². The quantitative estimate of drug-likeness (QED) is 0.921. The largest absolute Gasteiger partial charge is 0.330 e. The summed E-state index contributed by atoms with van der Waals surface area (Å²) in [5, 5.41) is 0. The van der Waals surface area contributed by atoms with Crippen LogP contribution in [0.4, 0.5) is 8.78 Å². The van der Waals surface area contributed by atoms with Gasteiger partial charge < -0.3 is 5.73 Å². The van der Waals surface area contributed by atoms with Crippen LogP contribution in [0.25, 0.3) is 0 Å². The molecule has 0 aromatic heterocycles. The summed E-state index contributed by atoms with van der Waals surface area (Å²) < 4.78 is 52.2. The molecule has 0 saturated carbocycles. The first-order valence-electron chi connectivity index (χ1n) is 6.60. The number of rotatable bonds is 4. The van der Waals surface area contributed by atoms with Gasteiger partial charge >= 0.3 is 0 Å². The van der Waals surface area contributed by atoms with Gasteiger partial charge in [0, 0.05) is 19.2 Å². The molecule has 1 aromatic carbocycles. The maximum absolute atomic E-state index is 13.2. The average molecular weight is 304 g/mol. The Kier molecular flexibility index (Phi) is 4.72. The molecule has 0 aliphatic carbocycles. The molecule has 1 aliphatic rings. The third kappa shape index (κ3) is 3.34. The molecule has 0 radical (unpaired) electrons. The van der Waals surface area contributed by atoms with E-state index in [1.54, 1.807) is 0 Å². The number of hydrogen-bond acceptors (Lipinski definition) is 3. The highest BCUT2D eigenvalue weighted by atomic mass is 32.2. The molecule has 4 nitrogen and oxygen atoms in total. The van der Waals surface area contributed by atoms with Gasteiger partial charge in [-0.2, -0.15) is 4.31 Å². The zero-order chi connectivity index (χ0) is 14.8. The van der Waals surface area contributed by atoms with Crippen LogP contribution in [-0.2, 0) is 10.0 Å². The predicted octanol–water partition coefficient (Wildman–Crippen LogP) is 1.71. The fourth-order valence-corrected chi connectivity index (χ4v) is 4.01. The number of benzene rings is 1. The first kappa shape index (κ1) is 15.3. The van der Waals surface area contributed by atoms with Crippen LogP contribution in [0.1, 0.15) is 19.3 Å². The van der Waals surface area contributed by atoms with Gasteiger partial charge in [0.2, 0.25) is 10.0 Å². The van der Waals surface area contributed by atoms with Gasteiger partial charge in [0.15, 0.2) is 0 Å². The Labute approximate surface area is 117 Å². The molecule has 0 spiro atoms. The first-order chi connectivity index (χ1) is 9.43. The predicted molar refractivity (Wildman–Crippen MR) is 71.5 cm³/mol. The Bertz CT molecular complexity index is 549. The van der Waals surface area contributed by atoms with Crippen LogP contribution in [0.3, 0.4) is 0 Å². The van der Waals surface area contributed by atoms with Crippen molar-refractivity contribution in [2.45, 2.75) is 24.2 Å². The van der Waals surface area contributed by atoms with Crippen LogP contribution in [-0.4, -0.2) is 32.4 Å². The van der Waals surface area contributed by atoms with Crippen molar-refractivity contribution >= 4 is 10.0 Å². The number of nitrogens with two attached hydrogens (primary N) is 1. The monoisotopic (exact) mass is 304 g/mol. The lowest BCUT2D eigenvalue weighted by Crippen LogP contribution is -2.38. The van der Waals surface area contributed by atoms with Gasteiger partial charge in [-0.25, -0.2) is 17.2 Å². The highest BCUT2D eigenvalue weighted by Gasteiger charge is 2.29. The second-order valence-electron chi connectivity index (χ2n) is 5.03.